The lowest BCUT2D eigenvalue weighted by Gasteiger charge is -2.25. The fraction of sp³-hybridized carbons (Fsp3) is 0.118. The predicted octanol–water partition coefficient (Wildman–Crippen LogP) is 2.60. The molecule has 0 bridgehead atoms. The molecule has 0 aromatic heterocycles. The van der Waals surface area contributed by atoms with E-state index in [2.05, 4.69) is 5.32 Å². The second-order valence-corrected chi connectivity index (χ2v) is 4.93. The molecule has 1 heterocycles. The second kappa shape index (κ2) is 5.81. The van der Waals surface area contributed by atoms with Gasteiger partial charge in [0.15, 0.2) is 0 Å². The molecule has 4 nitrogen and oxygen atoms in total. The van der Waals surface area contributed by atoms with Gasteiger partial charge in [-0.2, -0.15) is 0 Å². The maximum Gasteiger partial charge on any atom is 0.228 e. The van der Waals surface area contributed by atoms with Crippen LogP contribution < -0.4 is 10.4 Å². The summed E-state index contributed by atoms with van der Waals surface area (Å²) in [5.74, 6) is -0.0614. The topological polar surface area (TPSA) is 52.6 Å². The van der Waals surface area contributed by atoms with Gasteiger partial charge in [-0.15, -0.1) is 0 Å². The fourth-order valence-corrected chi connectivity index (χ4v) is 2.41. The van der Waals surface area contributed by atoms with Gasteiger partial charge >= 0.3 is 0 Å². The minimum atomic E-state index is -0.0614. The maximum atomic E-state index is 12.1. The highest BCUT2D eigenvalue weighted by atomic mass is 16.5. The van der Waals surface area contributed by atoms with Crippen LogP contribution in [0.3, 0.4) is 0 Å². The number of carbonyl (C=O) groups is 1. The number of nitrogens with one attached hydrogen (secondary N) is 1. The van der Waals surface area contributed by atoms with Crippen molar-refractivity contribution in [3.05, 3.63) is 71.8 Å². The Morgan fingerprint density at radius 3 is 2.62 bits per heavy atom. The van der Waals surface area contributed by atoms with Crippen LogP contribution in [-0.2, 0) is 11.2 Å². The van der Waals surface area contributed by atoms with Crippen molar-refractivity contribution < 1.29 is 10.0 Å². The summed E-state index contributed by atoms with van der Waals surface area (Å²) in [5.41, 5.74) is 3.25. The van der Waals surface area contributed by atoms with Crippen molar-refractivity contribution in [1.29, 1.82) is 0 Å². The molecule has 1 aliphatic heterocycles. The van der Waals surface area contributed by atoms with Crippen LogP contribution >= 0.6 is 0 Å². The summed E-state index contributed by atoms with van der Waals surface area (Å²) in [5, 5.41) is 13.9. The summed E-state index contributed by atoms with van der Waals surface area (Å²) < 4.78 is 0. The van der Waals surface area contributed by atoms with E-state index in [1.807, 2.05) is 60.7 Å². The second-order valence-electron chi connectivity index (χ2n) is 4.93. The number of hydroxylamine groups is 1. The van der Waals surface area contributed by atoms with Crippen LogP contribution in [0.15, 0.2) is 60.7 Å². The first-order valence-electron chi connectivity index (χ1n) is 6.84. The van der Waals surface area contributed by atoms with Crippen LogP contribution in [0.25, 0.3) is 5.70 Å². The monoisotopic (exact) mass is 280 g/mol. The molecule has 0 spiro atoms. The Morgan fingerprint density at radius 2 is 1.81 bits per heavy atom. The van der Waals surface area contributed by atoms with Crippen molar-refractivity contribution in [2.45, 2.75) is 6.42 Å². The molecular weight excluding hydrogens is 264 g/mol. The minimum Gasteiger partial charge on any atom is -0.325 e. The molecule has 0 atom stereocenters. The summed E-state index contributed by atoms with van der Waals surface area (Å²) in [4.78, 5) is 12.1. The van der Waals surface area contributed by atoms with Crippen LogP contribution in [0.4, 0.5) is 5.69 Å². The highest BCUT2D eigenvalue weighted by Crippen LogP contribution is 2.28. The Hall–Kier alpha value is -2.59. The van der Waals surface area contributed by atoms with E-state index in [9.17, 15) is 10.0 Å². The predicted molar refractivity (Wildman–Crippen MR) is 81.8 cm³/mol. The smallest absolute Gasteiger partial charge is 0.228 e. The van der Waals surface area contributed by atoms with E-state index >= 15 is 0 Å². The SMILES string of the molecule is O=C(Cc1ccccc1)NC1=CCN(O)c2ccccc21. The molecule has 2 N–H and O–H groups in total. The van der Waals surface area contributed by atoms with Gasteiger partial charge in [0, 0.05) is 11.3 Å². The number of amides is 1. The number of fused-ring (bicyclic) bond motifs is 1. The van der Waals surface area contributed by atoms with Crippen LogP contribution in [0.5, 0.6) is 0 Å². The minimum absolute atomic E-state index is 0.0614. The van der Waals surface area contributed by atoms with Gasteiger partial charge in [0.2, 0.25) is 5.91 Å². The van der Waals surface area contributed by atoms with E-state index in [1.165, 1.54) is 5.06 Å². The highest BCUT2D eigenvalue weighted by molar-refractivity contribution is 5.91. The van der Waals surface area contributed by atoms with Crippen molar-refractivity contribution in [2.75, 3.05) is 11.6 Å². The number of nitrogens with zero attached hydrogens (tertiary/aromatic N) is 1. The van der Waals surface area contributed by atoms with E-state index < -0.39 is 0 Å². The summed E-state index contributed by atoms with van der Waals surface area (Å²) >= 11 is 0. The van der Waals surface area contributed by atoms with E-state index in [4.69, 9.17) is 0 Å². The number of hydrogen-bond donors (Lipinski definition) is 2. The first-order valence-corrected chi connectivity index (χ1v) is 6.84. The first kappa shape index (κ1) is 13.4. The highest BCUT2D eigenvalue weighted by Gasteiger charge is 2.18. The van der Waals surface area contributed by atoms with Gasteiger partial charge in [0.1, 0.15) is 0 Å². The van der Waals surface area contributed by atoms with E-state index in [1.54, 1.807) is 0 Å². The Labute approximate surface area is 123 Å². The first-order chi connectivity index (χ1) is 10.2. The van der Waals surface area contributed by atoms with E-state index in [0.717, 1.165) is 16.8 Å². The summed E-state index contributed by atoms with van der Waals surface area (Å²) in [6.07, 6.45) is 2.15. The molecule has 0 fully saturated rings. The summed E-state index contributed by atoms with van der Waals surface area (Å²) in [6, 6.07) is 17.1. The molecule has 3 rings (SSSR count). The van der Waals surface area contributed by atoms with Gasteiger partial charge < -0.3 is 5.32 Å². The molecule has 4 heteroatoms. The molecule has 0 aliphatic carbocycles. The number of carbonyl (C=O) groups excluding carboxylic acids is 1. The Kier molecular flexibility index (Phi) is 3.71. The van der Waals surface area contributed by atoms with Crippen LogP contribution in [-0.4, -0.2) is 17.7 Å². The largest absolute Gasteiger partial charge is 0.325 e. The molecule has 106 valence electrons. The molecular formula is C17H16N2O2. The molecule has 0 saturated heterocycles. The summed E-state index contributed by atoms with van der Waals surface area (Å²) in [7, 11) is 0. The summed E-state index contributed by atoms with van der Waals surface area (Å²) in [6.45, 7) is 0.359. The molecule has 21 heavy (non-hydrogen) atoms. The lowest BCUT2D eigenvalue weighted by atomic mass is 10.1. The average Bonchev–Trinajstić information content (AvgIpc) is 2.51. The standard InChI is InChI=1S/C17H16N2O2/c20-17(12-13-6-2-1-3-7-13)18-15-10-11-19(21)16-9-5-4-8-14(15)16/h1-10,21H,11-12H2,(H,18,20). The van der Waals surface area contributed by atoms with Gasteiger partial charge in [-0.3, -0.25) is 15.1 Å². The normalized spacial score (nSPS) is 13.4. The quantitative estimate of drug-likeness (QED) is 0.908. The number of hydrogen-bond acceptors (Lipinski definition) is 3. The van der Waals surface area contributed by atoms with Gasteiger partial charge in [-0.05, 0) is 17.7 Å². The molecule has 0 radical (unpaired) electrons. The van der Waals surface area contributed by atoms with Crippen molar-refractivity contribution >= 4 is 17.3 Å². The van der Waals surface area contributed by atoms with Crippen LogP contribution in [0.1, 0.15) is 11.1 Å². The molecule has 2 aromatic rings. The van der Waals surface area contributed by atoms with E-state index in [0.29, 0.717) is 18.7 Å². The zero-order chi connectivity index (χ0) is 14.7. The molecule has 2 aromatic carbocycles. The van der Waals surface area contributed by atoms with Gasteiger partial charge in [-0.1, -0.05) is 48.5 Å². The molecule has 1 aliphatic rings. The lowest BCUT2D eigenvalue weighted by Crippen LogP contribution is -2.30. The van der Waals surface area contributed by atoms with Gasteiger partial charge in [0.05, 0.1) is 18.7 Å². The Bertz CT molecular complexity index is 680. The zero-order valence-corrected chi connectivity index (χ0v) is 11.5. The Morgan fingerprint density at radius 1 is 1.10 bits per heavy atom. The van der Waals surface area contributed by atoms with Crippen molar-refractivity contribution in [3.8, 4) is 0 Å². The zero-order valence-electron chi connectivity index (χ0n) is 11.5. The number of rotatable bonds is 3. The number of anilines is 1. The third-order valence-electron chi connectivity index (χ3n) is 3.42. The van der Waals surface area contributed by atoms with Crippen LogP contribution in [0.2, 0.25) is 0 Å². The fourth-order valence-electron chi connectivity index (χ4n) is 2.41. The maximum absolute atomic E-state index is 12.1. The lowest BCUT2D eigenvalue weighted by molar-refractivity contribution is -0.119. The van der Waals surface area contributed by atoms with Crippen molar-refractivity contribution in [3.63, 3.8) is 0 Å². The van der Waals surface area contributed by atoms with Gasteiger partial charge in [0.25, 0.3) is 0 Å². The number of para-hydroxylation sites is 1. The third kappa shape index (κ3) is 2.95. The molecule has 0 saturated carbocycles. The van der Waals surface area contributed by atoms with E-state index in [-0.39, 0.29) is 5.91 Å². The number of benzene rings is 2. The van der Waals surface area contributed by atoms with Gasteiger partial charge in [-0.25, -0.2) is 0 Å². The van der Waals surface area contributed by atoms with Crippen molar-refractivity contribution in [2.24, 2.45) is 0 Å². The Balaban J connectivity index is 1.75. The van der Waals surface area contributed by atoms with Crippen LogP contribution in [0, 0.1) is 0 Å². The average molecular weight is 280 g/mol. The molecule has 0 unspecified atom stereocenters. The third-order valence-corrected chi connectivity index (χ3v) is 3.42. The van der Waals surface area contributed by atoms with Crippen molar-refractivity contribution in [1.82, 2.24) is 5.32 Å². The molecule has 1 amide bonds.